The molecule has 0 fully saturated rings. The van der Waals surface area contributed by atoms with E-state index in [9.17, 15) is 8.42 Å². The quantitative estimate of drug-likeness (QED) is 0.591. The Morgan fingerprint density at radius 2 is 2.10 bits per heavy atom. The molecule has 9 heteroatoms. The molecule has 0 aliphatic carbocycles. The molecule has 2 heterocycles. The highest BCUT2D eigenvalue weighted by Gasteiger charge is 2.23. The molecule has 116 valence electrons. The Hall–Kier alpha value is -1.71. The number of H-pyrrole nitrogens is 2. The average molecular weight is 312 g/mol. The number of nitrogens with one attached hydrogen (secondary N) is 4. The van der Waals surface area contributed by atoms with Crippen molar-refractivity contribution in [3.05, 3.63) is 29.2 Å². The third-order valence-electron chi connectivity index (χ3n) is 3.00. The number of aromatic nitrogens is 4. The first-order valence-corrected chi connectivity index (χ1v) is 8.13. The van der Waals surface area contributed by atoms with Gasteiger partial charge in [-0.1, -0.05) is 13.8 Å². The molecule has 0 spiro atoms. The summed E-state index contributed by atoms with van der Waals surface area (Å²) in [7, 11) is -3.67. The highest BCUT2D eigenvalue weighted by atomic mass is 32.2. The summed E-state index contributed by atoms with van der Waals surface area (Å²) in [5.41, 5.74) is 2.16. The number of hydrogen-bond acceptors (Lipinski definition) is 5. The molecule has 2 aromatic rings. The molecular formula is C12H20N6O2S. The van der Waals surface area contributed by atoms with Crippen LogP contribution in [0.3, 0.4) is 0 Å². The molecule has 2 aromatic heterocycles. The van der Waals surface area contributed by atoms with Crippen LogP contribution in [-0.4, -0.2) is 34.9 Å². The maximum Gasteiger partial charge on any atom is 0.260 e. The fourth-order valence-electron chi connectivity index (χ4n) is 1.79. The minimum Gasteiger partial charge on any atom is -0.310 e. The summed E-state index contributed by atoms with van der Waals surface area (Å²) in [5, 5.41) is 16.3. The van der Waals surface area contributed by atoms with Gasteiger partial charge in [0.25, 0.3) is 10.0 Å². The van der Waals surface area contributed by atoms with Crippen molar-refractivity contribution in [2.75, 3.05) is 0 Å². The molecule has 0 saturated carbocycles. The normalized spacial score (nSPS) is 12.2. The summed E-state index contributed by atoms with van der Waals surface area (Å²) in [6.45, 7) is 6.42. The van der Waals surface area contributed by atoms with Crippen LogP contribution >= 0.6 is 0 Å². The van der Waals surface area contributed by atoms with Crippen LogP contribution in [0.15, 0.2) is 17.4 Å². The van der Waals surface area contributed by atoms with Gasteiger partial charge in [0.2, 0.25) is 0 Å². The summed E-state index contributed by atoms with van der Waals surface area (Å²) in [5.74, 6) is 0. The van der Waals surface area contributed by atoms with Gasteiger partial charge in [-0.05, 0) is 6.92 Å². The predicted molar refractivity (Wildman–Crippen MR) is 77.9 cm³/mol. The Morgan fingerprint density at radius 3 is 2.71 bits per heavy atom. The van der Waals surface area contributed by atoms with Gasteiger partial charge in [-0.15, -0.1) is 0 Å². The van der Waals surface area contributed by atoms with Crippen molar-refractivity contribution in [1.29, 1.82) is 0 Å². The summed E-state index contributed by atoms with van der Waals surface area (Å²) >= 11 is 0. The van der Waals surface area contributed by atoms with E-state index < -0.39 is 10.0 Å². The summed E-state index contributed by atoms with van der Waals surface area (Å²) in [6, 6.07) is 0.258. The smallest absolute Gasteiger partial charge is 0.260 e. The SMILES string of the molecule is Cc1[nH]nc(S(=O)(=O)NCc2cn[nH]c2)c1CNC(C)C. The van der Waals surface area contributed by atoms with Gasteiger partial charge in [-0.3, -0.25) is 10.2 Å². The van der Waals surface area contributed by atoms with Gasteiger partial charge in [0.1, 0.15) is 0 Å². The van der Waals surface area contributed by atoms with Crippen molar-refractivity contribution in [1.82, 2.24) is 30.4 Å². The van der Waals surface area contributed by atoms with Crippen LogP contribution in [0.25, 0.3) is 0 Å². The summed E-state index contributed by atoms with van der Waals surface area (Å²) < 4.78 is 27.2. The number of sulfonamides is 1. The second kappa shape index (κ2) is 6.37. The van der Waals surface area contributed by atoms with Gasteiger partial charge >= 0.3 is 0 Å². The lowest BCUT2D eigenvalue weighted by Crippen LogP contribution is -2.27. The molecule has 0 aliphatic heterocycles. The number of nitrogens with zero attached hydrogens (tertiary/aromatic N) is 2. The molecule has 0 saturated heterocycles. The van der Waals surface area contributed by atoms with Gasteiger partial charge in [0.05, 0.1) is 6.20 Å². The Kier molecular flexibility index (Phi) is 4.76. The number of aryl methyl sites for hydroxylation is 1. The highest BCUT2D eigenvalue weighted by molar-refractivity contribution is 7.89. The van der Waals surface area contributed by atoms with E-state index in [1.54, 1.807) is 19.3 Å². The van der Waals surface area contributed by atoms with E-state index >= 15 is 0 Å². The molecule has 0 unspecified atom stereocenters. The first-order valence-electron chi connectivity index (χ1n) is 6.64. The standard InChI is InChI=1S/C12H20N6O2S/c1-8(2)13-7-11-9(3)17-18-12(11)21(19,20)16-6-10-4-14-15-5-10/h4-5,8,13,16H,6-7H2,1-3H3,(H,14,15)(H,17,18). The Labute approximate surface area is 123 Å². The van der Waals surface area contributed by atoms with Crippen LogP contribution in [-0.2, 0) is 23.1 Å². The minimum absolute atomic E-state index is 0.0386. The number of rotatable bonds is 7. The van der Waals surface area contributed by atoms with Crippen LogP contribution in [0, 0.1) is 6.92 Å². The minimum atomic E-state index is -3.67. The van der Waals surface area contributed by atoms with Crippen LogP contribution in [0.2, 0.25) is 0 Å². The van der Waals surface area contributed by atoms with Gasteiger partial charge in [0, 0.05) is 42.1 Å². The fourth-order valence-corrected chi connectivity index (χ4v) is 3.00. The molecule has 0 bridgehead atoms. The lowest BCUT2D eigenvalue weighted by Gasteiger charge is -2.10. The average Bonchev–Trinajstić information content (AvgIpc) is 3.03. The Bertz CT molecular complexity index is 675. The zero-order chi connectivity index (χ0) is 15.5. The third kappa shape index (κ3) is 3.90. The lowest BCUT2D eigenvalue weighted by molar-refractivity contribution is 0.564. The van der Waals surface area contributed by atoms with E-state index in [0.717, 1.165) is 11.3 Å². The predicted octanol–water partition coefficient (Wildman–Crippen LogP) is 0.418. The maximum atomic E-state index is 12.4. The van der Waals surface area contributed by atoms with Gasteiger partial charge < -0.3 is 5.32 Å². The van der Waals surface area contributed by atoms with Crippen molar-refractivity contribution in [3.8, 4) is 0 Å². The molecule has 2 rings (SSSR count). The topological polar surface area (TPSA) is 116 Å². The van der Waals surface area contributed by atoms with Crippen molar-refractivity contribution in [2.45, 2.75) is 44.9 Å². The van der Waals surface area contributed by atoms with Crippen molar-refractivity contribution in [2.24, 2.45) is 0 Å². The van der Waals surface area contributed by atoms with E-state index in [-0.39, 0.29) is 17.6 Å². The molecule has 0 amide bonds. The van der Waals surface area contributed by atoms with Gasteiger partial charge in [-0.2, -0.15) is 10.2 Å². The third-order valence-corrected chi connectivity index (χ3v) is 4.37. The molecule has 0 atom stereocenters. The van der Waals surface area contributed by atoms with Crippen LogP contribution in [0.4, 0.5) is 0 Å². The van der Waals surface area contributed by atoms with Crippen molar-refractivity contribution < 1.29 is 8.42 Å². The molecule has 4 N–H and O–H groups in total. The molecule has 21 heavy (non-hydrogen) atoms. The second-order valence-electron chi connectivity index (χ2n) is 5.10. The van der Waals surface area contributed by atoms with Crippen LogP contribution in [0.5, 0.6) is 0 Å². The molecule has 0 aromatic carbocycles. The molecular weight excluding hydrogens is 292 g/mol. The number of hydrogen-bond donors (Lipinski definition) is 4. The van der Waals surface area contributed by atoms with E-state index in [2.05, 4.69) is 30.4 Å². The molecule has 0 radical (unpaired) electrons. The molecule has 0 aliphatic rings. The zero-order valence-electron chi connectivity index (χ0n) is 12.3. The highest BCUT2D eigenvalue weighted by Crippen LogP contribution is 2.16. The van der Waals surface area contributed by atoms with E-state index in [1.807, 2.05) is 13.8 Å². The summed E-state index contributed by atoms with van der Waals surface area (Å²) in [6.07, 6.45) is 3.21. The lowest BCUT2D eigenvalue weighted by atomic mass is 10.2. The van der Waals surface area contributed by atoms with Crippen LogP contribution < -0.4 is 10.0 Å². The van der Waals surface area contributed by atoms with E-state index in [0.29, 0.717) is 12.1 Å². The first-order chi connectivity index (χ1) is 9.90. The van der Waals surface area contributed by atoms with Crippen LogP contribution in [0.1, 0.15) is 30.7 Å². The van der Waals surface area contributed by atoms with Crippen molar-refractivity contribution >= 4 is 10.0 Å². The number of aromatic amines is 2. The second-order valence-corrected chi connectivity index (χ2v) is 6.78. The monoisotopic (exact) mass is 312 g/mol. The van der Waals surface area contributed by atoms with Gasteiger partial charge in [-0.25, -0.2) is 13.1 Å². The largest absolute Gasteiger partial charge is 0.310 e. The fraction of sp³-hybridized carbons (Fsp3) is 0.500. The zero-order valence-corrected chi connectivity index (χ0v) is 13.1. The van der Waals surface area contributed by atoms with Crippen molar-refractivity contribution in [3.63, 3.8) is 0 Å². The maximum absolute atomic E-state index is 12.4. The van der Waals surface area contributed by atoms with E-state index in [4.69, 9.17) is 0 Å². The molecule has 8 nitrogen and oxygen atoms in total. The Morgan fingerprint density at radius 1 is 1.33 bits per heavy atom. The van der Waals surface area contributed by atoms with Gasteiger partial charge in [0.15, 0.2) is 5.03 Å². The van der Waals surface area contributed by atoms with E-state index in [1.165, 1.54) is 0 Å². The first kappa shape index (κ1) is 15.7. The Balaban J connectivity index is 2.15. The summed E-state index contributed by atoms with van der Waals surface area (Å²) in [4.78, 5) is 0.